The Morgan fingerprint density at radius 3 is 2.54 bits per heavy atom. The van der Waals surface area contributed by atoms with Crippen molar-refractivity contribution in [3.63, 3.8) is 0 Å². The molecular formula is C18H17N5O3. The molecule has 0 atom stereocenters. The van der Waals surface area contributed by atoms with Gasteiger partial charge in [-0.25, -0.2) is 0 Å². The van der Waals surface area contributed by atoms with Gasteiger partial charge in [0.1, 0.15) is 0 Å². The highest BCUT2D eigenvalue weighted by atomic mass is 16.6. The third-order valence-corrected chi connectivity index (χ3v) is 3.89. The first-order valence-electron chi connectivity index (χ1n) is 7.96. The van der Waals surface area contributed by atoms with Crippen LogP contribution in [0.25, 0.3) is 11.3 Å². The van der Waals surface area contributed by atoms with Crippen LogP contribution >= 0.6 is 0 Å². The van der Waals surface area contributed by atoms with Gasteiger partial charge < -0.3 is 5.32 Å². The standard InChI is InChI=1S/C18H17N5O3/c1-22-17(14-6-8-19-9-7-14)11-15(21-22)12-20-18(24)10-13-2-4-16(5-3-13)23(25)26/h2-9,11H,10,12H2,1H3,(H,20,24). The van der Waals surface area contributed by atoms with Gasteiger partial charge in [0.25, 0.3) is 5.69 Å². The Kier molecular flexibility index (Phi) is 5.02. The van der Waals surface area contributed by atoms with Crippen LogP contribution in [0.4, 0.5) is 5.69 Å². The number of carbonyl (C=O) groups is 1. The van der Waals surface area contributed by atoms with Crippen LogP contribution in [0.3, 0.4) is 0 Å². The number of nitrogens with zero attached hydrogens (tertiary/aromatic N) is 4. The minimum atomic E-state index is -0.467. The molecule has 132 valence electrons. The number of nitrogens with one attached hydrogen (secondary N) is 1. The van der Waals surface area contributed by atoms with E-state index in [0.717, 1.165) is 17.0 Å². The third-order valence-electron chi connectivity index (χ3n) is 3.89. The van der Waals surface area contributed by atoms with E-state index in [1.807, 2.05) is 25.2 Å². The molecule has 0 aliphatic rings. The summed E-state index contributed by atoms with van der Waals surface area (Å²) in [6, 6.07) is 11.7. The molecule has 0 radical (unpaired) electrons. The zero-order valence-corrected chi connectivity index (χ0v) is 14.1. The monoisotopic (exact) mass is 351 g/mol. The molecule has 0 bridgehead atoms. The second-order valence-corrected chi connectivity index (χ2v) is 5.76. The highest BCUT2D eigenvalue weighted by Crippen LogP contribution is 2.18. The maximum atomic E-state index is 12.1. The van der Waals surface area contributed by atoms with Crippen LogP contribution in [0.15, 0.2) is 54.9 Å². The predicted octanol–water partition coefficient (Wildman–Crippen LogP) is 2.25. The molecule has 3 rings (SSSR count). The Morgan fingerprint density at radius 2 is 1.88 bits per heavy atom. The second-order valence-electron chi connectivity index (χ2n) is 5.76. The molecule has 0 spiro atoms. The summed E-state index contributed by atoms with van der Waals surface area (Å²) in [5, 5.41) is 17.9. The van der Waals surface area contributed by atoms with Crippen molar-refractivity contribution in [2.24, 2.45) is 7.05 Å². The van der Waals surface area contributed by atoms with Gasteiger partial charge in [-0.15, -0.1) is 0 Å². The Labute approximate surface area is 149 Å². The minimum Gasteiger partial charge on any atom is -0.350 e. The van der Waals surface area contributed by atoms with Crippen molar-refractivity contribution in [2.45, 2.75) is 13.0 Å². The van der Waals surface area contributed by atoms with Crippen molar-refractivity contribution < 1.29 is 9.72 Å². The first-order valence-corrected chi connectivity index (χ1v) is 7.96. The Bertz CT molecular complexity index is 920. The van der Waals surface area contributed by atoms with Gasteiger partial charge in [-0.1, -0.05) is 12.1 Å². The van der Waals surface area contributed by atoms with Crippen molar-refractivity contribution in [2.75, 3.05) is 0 Å². The summed E-state index contributed by atoms with van der Waals surface area (Å²) in [6.07, 6.45) is 3.59. The fraction of sp³-hybridized carbons (Fsp3) is 0.167. The van der Waals surface area contributed by atoms with Crippen LogP contribution in [0.1, 0.15) is 11.3 Å². The van der Waals surface area contributed by atoms with E-state index in [0.29, 0.717) is 12.1 Å². The zero-order valence-electron chi connectivity index (χ0n) is 14.1. The molecule has 2 aromatic heterocycles. The van der Waals surface area contributed by atoms with Crippen molar-refractivity contribution >= 4 is 11.6 Å². The number of hydrogen-bond acceptors (Lipinski definition) is 5. The number of rotatable bonds is 6. The van der Waals surface area contributed by atoms with Crippen molar-refractivity contribution in [1.82, 2.24) is 20.1 Å². The van der Waals surface area contributed by atoms with Gasteiger partial charge in [-0.05, 0) is 23.8 Å². The molecule has 0 aliphatic heterocycles. The number of aryl methyl sites for hydroxylation is 1. The van der Waals surface area contributed by atoms with E-state index in [-0.39, 0.29) is 18.0 Å². The van der Waals surface area contributed by atoms with E-state index in [2.05, 4.69) is 15.4 Å². The van der Waals surface area contributed by atoms with Gasteiger partial charge in [0, 0.05) is 37.1 Å². The normalized spacial score (nSPS) is 10.5. The highest BCUT2D eigenvalue weighted by molar-refractivity contribution is 5.78. The number of pyridine rings is 1. The summed E-state index contributed by atoms with van der Waals surface area (Å²) < 4.78 is 1.76. The Hall–Kier alpha value is -3.55. The second kappa shape index (κ2) is 7.56. The highest BCUT2D eigenvalue weighted by Gasteiger charge is 2.10. The molecule has 0 unspecified atom stereocenters. The van der Waals surface area contributed by atoms with Crippen LogP contribution < -0.4 is 5.32 Å². The molecule has 2 heterocycles. The topological polar surface area (TPSA) is 103 Å². The first kappa shape index (κ1) is 17.3. The van der Waals surface area contributed by atoms with Gasteiger partial charge in [-0.3, -0.25) is 24.6 Å². The van der Waals surface area contributed by atoms with E-state index in [4.69, 9.17) is 0 Å². The number of amides is 1. The third kappa shape index (κ3) is 4.10. The summed E-state index contributed by atoms with van der Waals surface area (Å²) in [5.41, 5.74) is 3.40. The summed E-state index contributed by atoms with van der Waals surface area (Å²) in [7, 11) is 1.85. The maximum absolute atomic E-state index is 12.1. The molecule has 8 heteroatoms. The lowest BCUT2D eigenvalue weighted by Gasteiger charge is -2.03. The molecule has 0 saturated heterocycles. The van der Waals surface area contributed by atoms with Gasteiger partial charge in [0.05, 0.1) is 29.3 Å². The maximum Gasteiger partial charge on any atom is 0.269 e. The smallest absolute Gasteiger partial charge is 0.269 e. The molecule has 3 aromatic rings. The van der Waals surface area contributed by atoms with E-state index in [1.165, 1.54) is 12.1 Å². The number of benzene rings is 1. The summed E-state index contributed by atoms with van der Waals surface area (Å²) in [6.45, 7) is 0.310. The van der Waals surface area contributed by atoms with E-state index < -0.39 is 4.92 Å². The van der Waals surface area contributed by atoms with Crippen LogP contribution in [-0.2, 0) is 24.8 Å². The molecule has 1 aromatic carbocycles. The van der Waals surface area contributed by atoms with E-state index >= 15 is 0 Å². The number of carbonyl (C=O) groups excluding carboxylic acids is 1. The average molecular weight is 351 g/mol. The summed E-state index contributed by atoms with van der Waals surface area (Å²) in [5.74, 6) is -0.171. The quantitative estimate of drug-likeness (QED) is 0.542. The van der Waals surface area contributed by atoms with Crippen molar-refractivity contribution in [3.05, 3.63) is 76.2 Å². The summed E-state index contributed by atoms with van der Waals surface area (Å²) in [4.78, 5) is 26.2. The molecule has 26 heavy (non-hydrogen) atoms. The summed E-state index contributed by atoms with van der Waals surface area (Å²) >= 11 is 0. The molecule has 0 aliphatic carbocycles. The van der Waals surface area contributed by atoms with E-state index in [9.17, 15) is 14.9 Å². The predicted molar refractivity (Wildman–Crippen MR) is 95.1 cm³/mol. The SMILES string of the molecule is Cn1nc(CNC(=O)Cc2ccc([N+](=O)[O-])cc2)cc1-c1ccncc1. The Morgan fingerprint density at radius 1 is 1.19 bits per heavy atom. The lowest BCUT2D eigenvalue weighted by Crippen LogP contribution is -2.24. The van der Waals surface area contributed by atoms with Crippen molar-refractivity contribution in [1.29, 1.82) is 0 Å². The molecule has 0 saturated carbocycles. The number of nitro benzene ring substituents is 1. The van der Waals surface area contributed by atoms with Crippen LogP contribution in [0.5, 0.6) is 0 Å². The lowest BCUT2D eigenvalue weighted by atomic mass is 10.1. The molecule has 8 nitrogen and oxygen atoms in total. The molecule has 1 amide bonds. The van der Waals surface area contributed by atoms with Crippen LogP contribution in [0.2, 0.25) is 0 Å². The van der Waals surface area contributed by atoms with E-state index in [1.54, 1.807) is 29.2 Å². The van der Waals surface area contributed by atoms with Gasteiger partial charge in [0.15, 0.2) is 0 Å². The fourth-order valence-electron chi connectivity index (χ4n) is 2.58. The van der Waals surface area contributed by atoms with Crippen LogP contribution in [-0.4, -0.2) is 25.6 Å². The largest absolute Gasteiger partial charge is 0.350 e. The van der Waals surface area contributed by atoms with Crippen LogP contribution in [0, 0.1) is 10.1 Å². The minimum absolute atomic E-state index is 0.00582. The lowest BCUT2D eigenvalue weighted by molar-refractivity contribution is -0.384. The van der Waals surface area contributed by atoms with Gasteiger partial charge >= 0.3 is 0 Å². The molecule has 0 fully saturated rings. The zero-order chi connectivity index (χ0) is 18.5. The number of non-ortho nitro benzene ring substituents is 1. The molecule has 1 N–H and O–H groups in total. The number of nitro groups is 1. The van der Waals surface area contributed by atoms with Gasteiger partial charge in [0.2, 0.25) is 5.91 Å². The molecular weight excluding hydrogens is 334 g/mol. The average Bonchev–Trinajstić information content (AvgIpc) is 3.02. The fourth-order valence-corrected chi connectivity index (χ4v) is 2.58. The van der Waals surface area contributed by atoms with Crippen molar-refractivity contribution in [3.8, 4) is 11.3 Å². The first-order chi connectivity index (χ1) is 12.5. The number of hydrogen-bond donors (Lipinski definition) is 1. The Balaban J connectivity index is 1.59. The van der Waals surface area contributed by atoms with Gasteiger partial charge in [-0.2, -0.15) is 5.10 Å². The number of aromatic nitrogens is 3.